The summed E-state index contributed by atoms with van der Waals surface area (Å²) in [6, 6.07) is 19.4. The minimum Gasteiger partial charge on any atom is -0.465 e. The monoisotopic (exact) mass is 754 g/mol. The molecule has 1 aliphatic carbocycles. The van der Waals surface area contributed by atoms with E-state index in [4.69, 9.17) is 29.2 Å². The average molecular weight is 755 g/mol. The van der Waals surface area contributed by atoms with Crippen molar-refractivity contribution in [1.82, 2.24) is 35.1 Å². The molecule has 1 aliphatic heterocycles. The molecule has 6 rings (SSSR count). The molecule has 2 aliphatic rings. The number of likely N-dealkylation sites (tertiary alicyclic amines) is 1. The molecule has 2 amide bonds. The first-order valence-electron chi connectivity index (χ1n) is 18.9. The summed E-state index contributed by atoms with van der Waals surface area (Å²) in [4.78, 5) is 66.2. The van der Waals surface area contributed by atoms with Gasteiger partial charge in [-0.05, 0) is 43.5 Å². The van der Waals surface area contributed by atoms with Crippen LogP contribution in [0.1, 0.15) is 75.4 Å². The normalized spacial score (nSPS) is 19.9. The number of urea groups is 1. The number of ether oxygens (including phenoxy) is 3. The summed E-state index contributed by atoms with van der Waals surface area (Å²) in [5.74, 6) is -1.34. The molecule has 2 fully saturated rings. The van der Waals surface area contributed by atoms with E-state index in [0.29, 0.717) is 42.3 Å². The second-order valence-electron chi connectivity index (χ2n) is 14.1. The number of imidazole rings is 1. The second kappa shape index (κ2) is 18.7. The summed E-state index contributed by atoms with van der Waals surface area (Å²) < 4.78 is 18.6. The van der Waals surface area contributed by atoms with E-state index in [2.05, 4.69) is 45.1 Å². The van der Waals surface area contributed by atoms with Crippen molar-refractivity contribution in [3.8, 4) is 0 Å². The molecule has 0 bridgehead atoms. The number of hydrogen-bond donors (Lipinski definition) is 3. The van der Waals surface area contributed by atoms with E-state index in [-0.39, 0.29) is 25.1 Å². The minimum atomic E-state index is -0.932. The van der Waals surface area contributed by atoms with Crippen LogP contribution in [0.4, 0.5) is 10.6 Å². The Balaban J connectivity index is 1.31. The first-order chi connectivity index (χ1) is 26.7. The standard InChI is InChI=1S/C40H50N8O7/c1-26(49)53-24-31-21-33(37(55-28(3)51)36(31)54-27(2)50)48-25-44-35-38(42-22-32(29-13-7-4-8-14-29)30-15-9-5-10-16-30)45-34(46-39(35)48)23-43-40(52)41-17-20-47-18-11-6-12-19-47/h4-5,7-10,13-16,25,31-33,36-37H,6,11-12,17-24H2,1-3H3,(H2,41,43,52)(H,42,45,46)/t31-,33?,36?,37?/m1/s1. The van der Waals surface area contributed by atoms with E-state index >= 15 is 0 Å². The first-order valence-corrected chi connectivity index (χ1v) is 18.9. The number of rotatable bonds is 15. The molecule has 0 spiro atoms. The van der Waals surface area contributed by atoms with Gasteiger partial charge in [-0.1, -0.05) is 67.1 Å². The summed E-state index contributed by atoms with van der Waals surface area (Å²) in [5.41, 5.74) is 3.12. The zero-order valence-electron chi connectivity index (χ0n) is 31.6. The number of hydrogen-bond acceptors (Lipinski definition) is 12. The third-order valence-electron chi connectivity index (χ3n) is 10.1. The van der Waals surface area contributed by atoms with E-state index in [9.17, 15) is 19.2 Å². The number of esters is 3. The van der Waals surface area contributed by atoms with Gasteiger partial charge in [0.05, 0.1) is 25.5 Å². The molecule has 1 saturated heterocycles. The zero-order chi connectivity index (χ0) is 38.7. The maximum atomic E-state index is 12.9. The van der Waals surface area contributed by atoms with Gasteiger partial charge < -0.3 is 39.6 Å². The lowest BCUT2D eigenvalue weighted by molar-refractivity contribution is -0.168. The Labute approximate surface area is 320 Å². The number of piperidine rings is 1. The molecule has 0 radical (unpaired) electrons. The fourth-order valence-corrected chi connectivity index (χ4v) is 7.55. The predicted molar refractivity (Wildman–Crippen MR) is 204 cm³/mol. The number of anilines is 1. The molecule has 1 saturated carbocycles. The molecule has 3 unspecified atom stereocenters. The molecule has 2 aromatic carbocycles. The van der Waals surface area contributed by atoms with Gasteiger partial charge in [0.25, 0.3) is 0 Å². The molecule has 4 atom stereocenters. The molecule has 3 heterocycles. The van der Waals surface area contributed by atoms with Crippen LogP contribution in [-0.2, 0) is 35.1 Å². The van der Waals surface area contributed by atoms with Crippen LogP contribution in [0.3, 0.4) is 0 Å². The van der Waals surface area contributed by atoms with E-state index < -0.39 is 42.1 Å². The van der Waals surface area contributed by atoms with Crippen molar-refractivity contribution in [2.24, 2.45) is 5.92 Å². The van der Waals surface area contributed by atoms with Crippen LogP contribution in [-0.4, -0.2) is 99.9 Å². The number of fused-ring (bicyclic) bond motifs is 1. The predicted octanol–water partition coefficient (Wildman–Crippen LogP) is 4.34. The van der Waals surface area contributed by atoms with Crippen LogP contribution in [0.2, 0.25) is 0 Å². The van der Waals surface area contributed by atoms with Crippen molar-refractivity contribution in [2.45, 2.75) is 77.2 Å². The Kier molecular flexibility index (Phi) is 13.3. The van der Waals surface area contributed by atoms with Gasteiger partial charge in [-0.15, -0.1) is 0 Å². The van der Waals surface area contributed by atoms with E-state index in [1.807, 2.05) is 36.4 Å². The van der Waals surface area contributed by atoms with Crippen molar-refractivity contribution in [1.29, 1.82) is 0 Å². The van der Waals surface area contributed by atoms with E-state index in [1.165, 1.54) is 40.0 Å². The van der Waals surface area contributed by atoms with Gasteiger partial charge in [0.1, 0.15) is 11.6 Å². The smallest absolute Gasteiger partial charge is 0.315 e. The van der Waals surface area contributed by atoms with Crippen LogP contribution >= 0.6 is 0 Å². The highest BCUT2D eigenvalue weighted by Gasteiger charge is 2.49. The molecule has 4 aromatic rings. The van der Waals surface area contributed by atoms with Crippen LogP contribution < -0.4 is 16.0 Å². The Morgan fingerprint density at radius 1 is 0.818 bits per heavy atom. The largest absolute Gasteiger partial charge is 0.465 e. The maximum Gasteiger partial charge on any atom is 0.315 e. The highest BCUT2D eigenvalue weighted by atomic mass is 16.6. The third kappa shape index (κ3) is 10.4. The number of carbonyl (C=O) groups excluding carboxylic acids is 4. The number of amides is 2. The summed E-state index contributed by atoms with van der Waals surface area (Å²) in [7, 11) is 0. The number of nitrogens with zero attached hydrogens (tertiary/aromatic N) is 5. The van der Waals surface area contributed by atoms with Crippen LogP contribution in [0.15, 0.2) is 67.0 Å². The number of carbonyl (C=O) groups is 4. The minimum absolute atomic E-state index is 0.0232. The number of benzene rings is 2. The number of nitrogens with one attached hydrogen (secondary N) is 3. The fraction of sp³-hybridized carbons (Fsp3) is 0.475. The van der Waals surface area contributed by atoms with Crippen LogP contribution in [0, 0.1) is 5.92 Å². The van der Waals surface area contributed by atoms with Gasteiger partial charge in [0.2, 0.25) is 0 Å². The van der Waals surface area contributed by atoms with Gasteiger partial charge >= 0.3 is 23.9 Å². The topological polar surface area (TPSA) is 179 Å². The van der Waals surface area contributed by atoms with E-state index in [1.54, 1.807) is 10.9 Å². The molecule has 3 N–H and O–H groups in total. The average Bonchev–Trinajstić information content (AvgIpc) is 3.74. The molecule has 2 aromatic heterocycles. The summed E-state index contributed by atoms with van der Waals surface area (Å²) in [6.45, 7) is 7.70. The second-order valence-corrected chi connectivity index (χ2v) is 14.1. The van der Waals surface area contributed by atoms with Crippen LogP contribution in [0.25, 0.3) is 11.2 Å². The fourth-order valence-electron chi connectivity index (χ4n) is 7.55. The molecule has 15 nitrogen and oxygen atoms in total. The quantitative estimate of drug-likeness (QED) is 0.116. The van der Waals surface area contributed by atoms with Crippen molar-refractivity contribution < 1.29 is 33.4 Å². The van der Waals surface area contributed by atoms with Crippen molar-refractivity contribution in [2.75, 3.05) is 44.6 Å². The number of aromatic nitrogens is 4. The van der Waals surface area contributed by atoms with Crippen molar-refractivity contribution >= 4 is 40.9 Å². The molecule has 55 heavy (non-hydrogen) atoms. The highest BCUT2D eigenvalue weighted by Crippen LogP contribution is 2.41. The molecular weight excluding hydrogens is 704 g/mol. The zero-order valence-corrected chi connectivity index (χ0v) is 31.6. The van der Waals surface area contributed by atoms with Gasteiger partial charge in [-0.2, -0.15) is 0 Å². The molecular formula is C40H50N8O7. The third-order valence-corrected chi connectivity index (χ3v) is 10.1. The summed E-state index contributed by atoms with van der Waals surface area (Å²) in [6.07, 6.45) is 3.69. The maximum absolute atomic E-state index is 12.9. The summed E-state index contributed by atoms with van der Waals surface area (Å²) >= 11 is 0. The van der Waals surface area contributed by atoms with Crippen molar-refractivity contribution in [3.05, 3.63) is 83.9 Å². The van der Waals surface area contributed by atoms with Crippen molar-refractivity contribution in [3.63, 3.8) is 0 Å². The Morgan fingerprint density at radius 2 is 1.47 bits per heavy atom. The lowest BCUT2D eigenvalue weighted by Gasteiger charge is -2.26. The van der Waals surface area contributed by atoms with Gasteiger partial charge in [-0.25, -0.2) is 19.7 Å². The first kappa shape index (κ1) is 39.1. The SMILES string of the molecule is CC(=O)OC[C@H]1CC(n2cnc3c(NCC(c4ccccc4)c4ccccc4)nc(CNC(=O)NCCN4CCCCC4)nc32)C(OC(C)=O)C1OC(C)=O. The summed E-state index contributed by atoms with van der Waals surface area (Å²) in [5, 5.41) is 9.37. The highest BCUT2D eigenvalue weighted by molar-refractivity contribution is 5.83. The lowest BCUT2D eigenvalue weighted by atomic mass is 9.91. The Hall–Kier alpha value is -5.57. The van der Waals surface area contributed by atoms with Gasteiger partial charge in [0, 0.05) is 52.2 Å². The van der Waals surface area contributed by atoms with E-state index in [0.717, 1.165) is 30.8 Å². The molecule has 15 heteroatoms. The Bertz CT molecular complexity index is 1880. The van der Waals surface area contributed by atoms with Gasteiger partial charge in [-0.3, -0.25) is 14.4 Å². The van der Waals surface area contributed by atoms with Gasteiger partial charge in [0.15, 0.2) is 23.4 Å². The molecule has 292 valence electrons. The lowest BCUT2D eigenvalue weighted by Crippen LogP contribution is -2.41. The Morgan fingerprint density at radius 3 is 2.11 bits per heavy atom. The van der Waals surface area contributed by atoms with Crippen LogP contribution in [0.5, 0.6) is 0 Å².